The van der Waals surface area contributed by atoms with Crippen LogP contribution in [0.4, 0.5) is 5.69 Å². The lowest BCUT2D eigenvalue weighted by Gasteiger charge is -2.10. The summed E-state index contributed by atoms with van der Waals surface area (Å²) in [5.74, 6) is 0. The first kappa shape index (κ1) is 14.2. The maximum absolute atomic E-state index is 9.36. The number of hydrogen-bond donors (Lipinski definition) is 1. The normalized spacial score (nSPS) is 11.5. The minimum Gasteiger partial charge on any atom is -0.358 e. The summed E-state index contributed by atoms with van der Waals surface area (Å²) in [6.45, 7) is 3.94. The van der Waals surface area contributed by atoms with Crippen molar-refractivity contribution in [3.63, 3.8) is 0 Å². The van der Waals surface area contributed by atoms with Crippen molar-refractivity contribution in [2.24, 2.45) is 0 Å². The van der Waals surface area contributed by atoms with E-state index in [-0.39, 0.29) is 0 Å². The summed E-state index contributed by atoms with van der Waals surface area (Å²) in [5.41, 5.74) is 4.46. The fourth-order valence-corrected chi connectivity index (χ4v) is 2.02. The molecule has 0 atom stereocenters. The molecule has 0 aromatic heterocycles. The first-order valence-corrected chi connectivity index (χ1v) is 6.68. The van der Waals surface area contributed by atoms with E-state index in [1.54, 1.807) is 12.1 Å². The number of hydrogen-bond acceptors (Lipinski definition) is 2. The Morgan fingerprint density at radius 2 is 1.65 bits per heavy atom. The van der Waals surface area contributed by atoms with E-state index >= 15 is 0 Å². The summed E-state index contributed by atoms with van der Waals surface area (Å²) >= 11 is 5.87. The SMILES string of the molecule is C/C(Nc1ccc(C)cc1)=C(\C#N)c1ccc(Cl)cc1. The summed E-state index contributed by atoms with van der Waals surface area (Å²) in [5, 5.41) is 13.3. The second-order valence-electron chi connectivity index (χ2n) is 4.61. The van der Waals surface area contributed by atoms with Crippen LogP contribution < -0.4 is 5.32 Å². The fraction of sp³-hybridized carbons (Fsp3) is 0.118. The highest BCUT2D eigenvalue weighted by Gasteiger charge is 2.06. The molecule has 0 aliphatic carbocycles. The van der Waals surface area contributed by atoms with Crippen molar-refractivity contribution in [1.29, 1.82) is 5.26 Å². The quantitative estimate of drug-likeness (QED) is 0.803. The number of nitrogens with zero attached hydrogens (tertiary/aromatic N) is 1. The predicted molar refractivity (Wildman–Crippen MR) is 84.5 cm³/mol. The maximum Gasteiger partial charge on any atom is 0.102 e. The van der Waals surface area contributed by atoms with Crippen molar-refractivity contribution in [3.05, 3.63) is 70.4 Å². The molecule has 0 unspecified atom stereocenters. The third kappa shape index (κ3) is 3.40. The van der Waals surface area contributed by atoms with E-state index < -0.39 is 0 Å². The molecule has 3 heteroatoms. The molecule has 0 radical (unpaired) electrons. The highest BCUT2D eigenvalue weighted by atomic mass is 35.5. The summed E-state index contributed by atoms with van der Waals surface area (Å²) in [7, 11) is 0. The zero-order valence-corrected chi connectivity index (χ0v) is 12.2. The van der Waals surface area contributed by atoms with Gasteiger partial charge in [0.25, 0.3) is 0 Å². The van der Waals surface area contributed by atoms with E-state index in [0.29, 0.717) is 10.6 Å². The van der Waals surface area contributed by atoms with Gasteiger partial charge in [-0.05, 0) is 43.7 Å². The maximum atomic E-state index is 9.36. The minimum absolute atomic E-state index is 0.613. The third-order valence-electron chi connectivity index (χ3n) is 3.00. The van der Waals surface area contributed by atoms with E-state index in [4.69, 9.17) is 11.6 Å². The molecule has 0 saturated carbocycles. The molecular formula is C17H15ClN2. The summed E-state index contributed by atoms with van der Waals surface area (Å²) in [4.78, 5) is 0. The van der Waals surface area contributed by atoms with Gasteiger partial charge in [-0.25, -0.2) is 0 Å². The smallest absolute Gasteiger partial charge is 0.102 e. The van der Waals surface area contributed by atoms with Crippen LogP contribution in [0.2, 0.25) is 5.02 Å². The zero-order valence-electron chi connectivity index (χ0n) is 11.4. The van der Waals surface area contributed by atoms with E-state index in [1.165, 1.54) is 5.56 Å². The topological polar surface area (TPSA) is 35.8 Å². The molecule has 2 aromatic carbocycles. The molecule has 2 aromatic rings. The second kappa shape index (κ2) is 6.27. The summed E-state index contributed by atoms with van der Waals surface area (Å²) < 4.78 is 0. The van der Waals surface area contributed by atoms with Crippen LogP contribution in [0, 0.1) is 18.3 Å². The van der Waals surface area contributed by atoms with Crippen molar-refractivity contribution in [3.8, 4) is 6.07 Å². The van der Waals surface area contributed by atoms with Gasteiger partial charge in [0.05, 0.1) is 5.57 Å². The van der Waals surface area contributed by atoms with Crippen molar-refractivity contribution in [2.75, 3.05) is 5.32 Å². The minimum atomic E-state index is 0.613. The van der Waals surface area contributed by atoms with Crippen LogP contribution in [0.3, 0.4) is 0 Å². The van der Waals surface area contributed by atoms with E-state index in [0.717, 1.165) is 16.9 Å². The van der Waals surface area contributed by atoms with Gasteiger partial charge < -0.3 is 5.32 Å². The fourth-order valence-electron chi connectivity index (χ4n) is 1.90. The molecule has 2 rings (SSSR count). The highest BCUT2D eigenvalue weighted by molar-refractivity contribution is 6.30. The molecule has 0 amide bonds. The molecule has 100 valence electrons. The van der Waals surface area contributed by atoms with Gasteiger partial charge in [-0.3, -0.25) is 0 Å². The Bertz CT molecular complexity index is 662. The Balaban J connectivity index is 2.30. The average Bonchev–Trinajstić information content (AvgIpc) is 2.44. The highest BCUT2D eigenvalue weighted by Crippen LogP contribution is 2.22. The van der Waals surface area contributed by atoms with Gasteiger partial charge in [0, 0.05) is 16.4 Å². The molecule has 1 N–H and O–H groups in total. The van der Waals surface area contributed by atoms with Gasteiger partial charge in [-0.2, -0.15) is 5.26 Å². The molecule has 20 heavy (non-hydrogen) atoms. The van der Waals surface area contributed by atoms with Gasteiger partial charge in [0.2, 0.25) is 0 Å². The summed E-state index contributed by atoms with van der Waals surface area (Å²) in [6.07, 6.45) is 0. The number of halogens is 1. The van der Waals surface area contributed by atoms with Crippen LogP contribution >= 0.6 is 11.6 Å². The first-order valence-electron chi connectivity index (χ1n) is 6.31. The number of rotatable bonds is 3. The molecule has 0 bridgehead atoms. The second-order valence-corrected chi connectivity index (χ2v) is 5.05. The van der Waals surface area contributed by atoms with Crippen molar-refractivity contribution in [2.45, 2.75) is 13.8 Å². The number of allylic oxidation sites excluding steroid dienone is 2. The van der Waals surface area contributed by atoms with Gasteiger partial charge in [0.1, 0.15) is 6.07 Å². The lowest BCUT2D eigenvalue weighted by molar-refractivity contribution is 1.36. The number of aryl methyl sites for hydroxylation is 1. The molecular weight excluding hydrogens is 268 g/mol. The number of nitriles is 1. The van der Waals surface area contributed by atoms with Crippen molar-refractivity contribution in [1.82, 2.24) is 0 Å². The molecule has 0 heterocycles. The van der Waals surface area contributed by atoms with E-state index in [2.05, 4.69) is 11.4 Å². The number of benzene rings is 2. The molecule has 2 nitrogen and oxygen atoms in total. The largest absolute Gasteiger partial charge is 0.358 e. The van der Waals surface area contributed by atoms with Crippen LogP contribution in [0.25, 0.3) is 5.57 Å². The Morgan fingerprint density at radius 3 is 2.20 bits per heavy atom. The van der Waals surface area contributed by atoms with Gasteiger partial charge in [0.15, 0.2) is 0 Å². The zero-order chi connectivity index (χ0) is 14.5. The van der Waals surface area contributed by atoms with Gasteiger partial charge >= 0.3 is 0 Å². The molecule has 0 aliphatic heterocycles. The van der Waals surface area contributed by atoms with Gasteiger partial charge in [-0.15, -0.1) is 0 Å². The standard InChI is InChI=1S/C17H15ClN2/c1-12-3-9-16(10-4-12)20-13(2)17(11-19)14-5-7-15(18)8-6-14/h3-10,20H,1-2H3/b17-13-. The third-order valence-corrected chi connectivity index (χ3v) is 3.26. The predicted octanol–water partition coefficient (Wildman–Crippen LogP) is 5.02. The van der Waals surface area contributed by atoms with Crippen molar-refractivity contribution >= 4 is 22.9 Å². The lowest BCUT2D eigenvalue weighted by Crippen LogP contribution is -1.99. The Labute approximate surface area is 124 Å². The van der Waals surface area contributed by atoms with Crippen LogP contribution in [0.15, 0.2) is 54.2 Å². The van der Waals surface area contributed by atoms with E-state index in [1.807, 2.05) is 50.2 Å². The molecule has 0 spiro atoms. The summed E-state index contributed by atoms with van der Waals surface area (Å²) in [6, 6.07) is 17.6. The first-order chi connectivity index (χ1) is 9.60. The van der Waals surface area contributed by atoms with Crippen molar-refractivity contribution < 1.29 is 0 Å². The Kier molecular flexibility index (Phi) is 4.45. The van der Waals surface area contributed by atoms with Crippen LogP contribution in [-0.4, -0.2) is 0 Å². The lowest BCUT2D eigenvalue weighted by atomic mass is 10.1. The Morgan fingerprint density at radius 1 is 1.05 bits per heavy atom. The monoisotopic (exact) mass is 282 g/mol. The van der Waals surface area contributed by atoms with Crippen LogP contribution in [0.1, 0.15) is 18.1 Å². The molecule has 0 saturated heterocycles. The number of anilines is 1. The Hall–Kier alpha value is -2.24. The average molecular weight is 283 g/mol. The van der Waals surface area contributed by atoms with Crippen LogP contribution in [0.5, 0.6) is 0 Å². The number of nitrogens with one attached hydrogen (secondary N) is 1. The molecule has 0 aliphatic rings. The van der Waals surface area contributed by atoms with Gasteiger partial charge in [-0.1, -0.05) is 41.4 Å². The van der Waals surface area contributed by atoms with Crippen LogP contribution in [-0.2, 0) is 0 Å². The molecule has 0 fully saturated rings. The van der Waals surface area contributed by atoms with E-state index in [9.17, 15) is 5.26 Å².